The second-order valence-corrected chi connectivity index (χ2v) is 14.0. The molecule has 48 heavy (non-hydrogen) atoms. The van der Waals surface area contributed by atoms with E-state index >= 15 is 0 Å². The predicted octanol–water partition coefficient (Wildman–Crippen LogP) is 4.22. The van der Waals surface area contributed by atoms with Crippen LogP contribution in [0.25, 0.3) is 33.6 Å². The van der Waals surface area contributed by atoms with Crippen molar-refractivity contribution in [2.24, 2.45) is 23.5 Å². The van der Waals surface area contributed by atoms with Crippen molar-refractivity contribution >= 4 is 33.8 Å². The number of carbonyl (C=O) groups excluding carboxylic acids is 1. The monoisotopic (exact) mass is 642 g/mol. The van der Waals surface area contributed by atoms with Gasteiger partial charge in [-0.1, -0.05) is 0 Å². The van der Waals surface area contributed by atoms with E-state index in [2.05, 4.69) is 42.2 Å². The normalized spacial score (nSPS) is 23.4. The molecular formula is C36H38N10O2. The zero-order chi connectivity index (χ0) is 32.5. The number of hydrogen-bond acceptors (Lipinski definition) is 9. The van der Waals surface area contributed by atoms with Gasteiger partial charge in [-0.05, 0) is 80.2 Å². The summed E-state index contributed by atoms with van der Waals surface area (Å²) in [5.74, 6) is 3.48. The van der Waals surface area contributed by atoms with Crippen LogP contribution in [0.4, 0.5) is 5.82 Å². The Bertz CT molecular complexity index is 2110. The molecule has 1 amide bonds. The van der Waals surface area contributed by atoms with E-state index in [1.165, 1.54) is 19.0 Å². The Labute approximate surface area is 278 Å². The average Bonchev–Trinajstić information content (AvgIpc) is 3.43. The van der Waals surface area contributed by atoms with Gasteiger partial charge in [0.05, 0.1) is 30.7 Å². The molecule has 12 heteroatoms. The Morgan fingerprint density at radius 2 is 1.92 bits per heavy atom. The zero-order valence-corrected chi connectivity index (χ0v) is 27.0. The van der Waals surface area contributed by atoms with E-state index in [1.54, 1.807) is 13.3 Å². The average molecular weight is 643 g/mol. The second-order valence-electron chi connectivity index (χ2n) is 14.0. The summed E-state index contributed by atoms with van der Waals surface area (Å²) in [5, 5.41) is 10.5. The van der Waals surface area contributed by atoms with Crippen LogP contribution in [-0.2, 0) is 13.1 Å². The van der Waals surface area contributed by atoms with Crippen molar-refractivity contribution in [3.8, 4) is 23.3 Å². The molecule has 0 spiro atoms. The lowest BCUT2D eigenvalue weighted by atomic mass is 10.1. The van der Waals surface area contributed by atoms with Crippen LogP contribution in [0.2, 0.25) is 0 Å². The van der Waals surface area contributed by atoms with Gasteiger partial charge in [-0.25, -0.2) is 15.0 Å². The first-order chi connectivity index (χ1) is 23.5. The number of anilines is 1. The molecule has 2 saturated heterocycles. The second kappa shape index (κ2) is 11.3. The third-order valence-corrected chi connectivity index (χ3v) is 11.0. The first kappa shape index (κ1) is 29.1. The van der Waals surface area contributed by atoms with Gasteiger partial charge >= 0.3 is 0 Å². The Morgan fingerprint density at radius 3 is 2.69 bits per heavy atom. The van der Waals surface area contributed by atoms with Gasteiger partial charge in [0.15, 0.2) is 11.5 Å². The molecule has 9 rings (SSSR count). The summed E-state index contributed by atoms with van der Waals surface area (Å²) >= 11 is 0. The van der Waals surface area contributed by atoms with Gasteiger partial charge in [-0.3, -0.25) is 9.78 Å². The number of fused-ring (bicyclic) bond motifs is 4. The lowest BCUT2D eigenvalue weighted by molar-refractivity contribution is 0.0700. The number of nitrogens with two attached hydrogens (primary N) is 1. The number of likely N-dealkylation sites (tertiary alicyclic amines) is 1. The molecule has 2 aliphatic carbocycles. The molecule has 2 saturated carbocycles. The molecule has 244 valence electrons. The Hall–Kier alpha value is -5.02. The molecule has 2 N–H and O–H groups in total. The van der Waals surface area contributed by atoms with Crippen molar-refractivity contribution < 1.29 is 9.53 Å². The fraction of sp³-hybridized carbons (Fsp3) is 0.444. The first-order valence-corrected chi connectivity index (χ1v) is 17.1. The van der Waals surface area contributed by atoms with Crippen LogP contribution in [0.1, 0.15) is 48.2 Å². The smallest absolute Gasteiger partial charge is 0.254 e. The number of benzene rings is 1. The minimum atomic E-state index is -0.00635. The van der Waals surface area contributed by atoms with Crippen molar-refractivity contribution in [2.75, 3.05) is 31.6 Å². The maximum absolute atomic E-state index is 14.0. The number of methoxy groups -OCH3 is 1. The third kappa shape index (κ3) is 4.79. The molecule has 4 atom stereocenters. The van der Waals surface area contributed by atoms with Gasteiger partial charge in [-0.15, -0.1) is 0 Å². The quantitative estimate of drug-likeness (QED) is 0.263. The van der Waals surface area contributed by atoms with Crippen molar-refractivity contribution in [3.05, 3.63) is 60.2 Å². The molecule has 4 aliphatic rings. The highest BCUT2D eigenvalue weighted by molar-refractivity contribution is 6.00. The SMILES string of the molecule is COc1cc(C(=O)N2C[C@H]3CC[C@@H]2[C@@H]3N)cc2nc(-c3cc4cccnc4n3CC3CC3)n(C[C@@H]3CCN(c4cncc(C#N)n4)C3)c12. The summed E-state index contributed by atoms with van der Waals surface area (Å²) < 4.78 is 10.7. The zero-order valence-electron chi connectivity index (χ0n) is 27.0. The number of rotatable bonds is 8. The van der Waals surface area contributed by atoms with Gasteiger partial charge in [0, 0.05) is 62.0 Å². The molecule has 0 unspecified atom stereocenters. The van der Waals surface area contributed by atoms with E-state index in [9.17, 15) is 10.1 Å². The van der Waals surface area contributed by atoms with E-state index in [0.29, 0.717) is 41.9 Å². The van der Waals surface area contributed by atoms with Crippen LogP contribution in [0.5, 0.6) is 5.75 Å². The number of ether oxygens (including phenoxy) is 1. The highest BCUT2D eigenvalue weighted by atomic mass is 16.5. The van der Waals surface area contributed by atoms with Gasteiger partial charge in [0.25, 0.3) is 5.91 Å². The summed E-state index contributed by atoms with van der Waals surface area (Å²) in [6.45, 7) is 3.88. The lowest BCUT2D eigenvalue weighted by Crippen LogP contribution is -2.41. The molecule has 1 aromatic carbocycles. The van der Waals surface area contributed by atoms with Crippen LogP contribution in [0, 0.1) is 29.1 Å². The molecule has 2 aliphatic heterocycles. The molecule has 12 nitrogen and oxygen atoms in total. The Balaban J connectivity index is 1.15. The third-order valence-electron chi connectivity index (χ3n) is 11.0. The Kier molecular flexibility index (Phi) is 6.86. The molecule has 4 fully saturated rings. The summed E-state index contributed by atoms with van der Waals surface area (Å²) in [6, 6.07) is 12.4. The molecule has 5 aromatic rings. The molecule has 6 heterocycles. The van der Waals surface area contributed by atoms with Crippen LogP contribution < -0.4 is 15.4 Å². The van der Waals surface area contributed by atoms with Crippen molar-refractivity contribution in [2.45, 2.75) is 57.3 Å². The van der Waals surface area contributed by atoms with E-state index in [0.717, 1.165) is 78.3 Å². The number of pyridine rings is 1. The standard InChI is InChI=1S/C36H38N10O2/c1-48-30-13-25(36(47)45-20-24-6-7-28(45)32(24)38)11-27-33(30)46(19-22-8-10-43(17-22)31-16-39-15-26(14-37)41-31)35(42-27)29-12-23-3-2-9-40-34(23)44(29)18-21-4-5-21/h2-3,9,11-13,15-16,21-22,24,28,32H,4-8,10,17-20,38H2,1H3/t22-,24-,28-,32-/m1/s1. The minimum absolute atomic E-state index is 0.00635. The van der Waals surface area contributed by atoms with E-state index in [-0.39, 0.29) is 23.9 Å². The number of imidazole rings is 1. The number of piperidine rings is 1. The largest absolute Gasteiger partial charge is 0.494 e. The number of aromatic nitrogens is 6. The van der Waals surface area contributed by atoms with E-state index in [1.807, 2.05) is 29.3 Å². The highest BCUT2D eigenvalue weighted by Gasteiger charge is 2.47. The summed E-state index contributed by atoms with van der Waals surface area (Å²) in [7, 11) is 1.67. The summed E-state index contributed by atoms with van der Waals surface area (Å²) in [5.41, 5.74) is 11.0. The Morgan fingerprint density at radius 1 is 1.04 bits per heavy atom. The number of amides is 1. The lowest BCUT2D eigenvalue weighted by Gasteiger charge is -2.27. The fourth-order valence-electron chi connectivity index (χ4n) is 8.36. The van der Waals surface area contributed by atoms with Crippen LogP contribution in [0.15, 0.2) is 48.9 Å². The van der Waals surface area contributed by atoms with Crippen molar-refractivity contribution in [1.82, 2.24) is 34.0 Å². The summed E-state index contributed by atoms with van der Waals surface area (Å²) in [4.78, 5) is 37.0. The number of hydrogen-bond donors (Lipinski definition) is 1. The highest BCUT2D eigenvalue weighted by Crippen LogP contribution is 2.41. The van der Waals surface area contributed by atoms with Gasteiger partial charge in [0.2, 0.25) is 0 Å². The predicted molar refractivity (Wildman–Crippen MR) is 180 cm³/mol. The number of carbonyl (C=O) groups is 1. The first-order valence-electron chi connectivity index (χ1n) is 17.1. The maximum atomic E-state index is 14.0. The van der Waals surface area contributed by atoms with Crippen LogP contribution >= 0.6 is 0 Å². The molecule has 4 aromatic heterocycles. The minimum Gasteiger partial charge on any atom is -0.494 e. The maximum Gasteiger partial charge on any atom is 0.254 e. The van der Waals surface area contributed by atoms with Crippen molar-refractivity contribution in [3.63, 3.8) is 0 Å². The number of nitrogens with zero attached hydrogens (tertiary/aromatic N) is 9. The van der Waals surface area contributed by atoms with Gasteiger partial charge < -0.3 is 29.4 Å². The summed E-state index contributed by atoms with van der Waals surface area (Å²) in [6.07, 6.45) is 10.5. The number of nitriles is 1. The van der Waals surface area contributed by atoms with E-state index < -0.39 is 0 Å². The van der Waals surface area contributed by atoms with Gasteiger partial charge in [0.1, 0.15) is 28.8 Å². The van der Waals surface area contributed by atoms with Crippen LogP contribution in [-0.4, -0.2) is 78.7 Å². The molecule has 2 bridgehead atoms. The molecule has 0 radical (unpaired) electrons. The van der Waals surface area contributed by atoms with Crippen molar-refractivity contribution in [1.29, 1.82) is 5.26 Å². The topological polar surface area (TPSA) is 144 Å². The fourth-order valence-corrected chi connectivity index (χ4v) is 8.36. The van der Waals surface area contributed by atoms with Crippen LogP contribution in [0.3, 0.4) is 0 Å². The van der Waals surface area contributed by atoms with E-state index in [4.69, 9.17) is 20.4 Å². The molecular weight excluding hydrogens is 604 g/mol. The van der Waals surface area contributed by atoms with Gasteiger partial charge in [-0.2, -0.15) is 5.26 Å².